The summed E-state index contributed by atoms with van der Waals surface area (Å²) in [5, 5.41) is 12.6. The average Bonchev–Trinajstić information content (AvgIpc) is 2.60. The topological polar surface area (TPSA) is 71.3 Å². The lowest BCUT2D eigenvalue weighted by Crippen LogP contribution is -2.33. The third-order valence-electron chi connectivity index (χ3n) is 4.33. The van der Waals surface area contributed by atoms with Crippen LogP contribution in [0.3, 0.4) is 0 Å². The normalized spacial score (nSPS) is 13.2. The predicted octanol–water partition coefficient (Wildman–Crippen LogP) is 3.38. The molecule has 0 saturated carbocycles. The first-order chi connectivity index (χ1) is 12.9. The molecule has 0 bridgehead atoms. The number of carbonyl (C=O) groups excluding carboxylic acids is 1. The van der Waals surface area contributed by atoms with E-state index in [0.29, 0.717) is 6.42 Å². The lowest BCUT2D eigenvalue weighted by molar-refractivity contribution is -0.137. The second kappa shape index (κ2) is 8.18. The van der Waals surface area contributed by atoms with Crippen LogP contribution in [0.15, 0.2) is 47.4 Å². The van der Waals surface area contributed by atoms with Gasteiger partial charge in [-0.1, -0.05) is 26.8 Å². The third kappa shape index (κ3) is 5.45. The highest BCUT2D eigenvalue weighted by Crippen LogP contribution is 2.30. The van der Waals surface area contributed by atoms with Gasteiger partial charge in [0.2, 0.25) is 0 Å². The fourth-order valence-corrected chi connectivity index (χ4v) is 2.51. The van der Waals surface area contributed by atoms with Crippen LogP contribution in [-0.2, 0) is 6.18 Å². The van der Waals surface area contributed by atoms with Crippen molar-refractivity contribution in [3.05, 3.63) is 64.1 Å². The van der Waals surface area contributed by atoms with Gasteiger partial charge in [-0.3, -0.25) is 14.2 Å². The molecule has 0 aliphatic heterocycles. The molecule has 1 aromatic carbocycles. The molecule has 0 aliphatic carbocycles. The highest BCUT2D eigenvalue weighted by molar-refractivity contribution is 5.93. The molecule has 8 heteroatoms. The van der Waals surface area contributed by atoms with E-state index in [1.54, 1.807) is 0 Å². The summed E-state index contributed by atoms with van der Waals surface area (Å²) in [6.07, 6.45) is -3.59. The largest absolute Gasteiger partial charge is 0.416 e. The van der Waals surface area contributed by atoms with Crippen molar-refractivity contribution in [2.24, 2.45) is 5.41 Å². The average molecular weight is 396 g/mol. The van der Waals surface area contributed by atoms with Crippen LogP contribution in [0.4, 0.5) is 13.2 Å². The lowest BCUT2D eigenvalue weighted by atomic mass is 9.87. The minimum absolute atomic E-state index is 0.0117. The predicted molar refractivity (Wildman–Crippen MR) is 99.5 cm³/mol. The smallest absolute Gasteiger partial charge is 0.393 e. The van der Waals surface area contributed by atoms with Crippen LogP contribution in [0.1, 0.15) is 43.1 Å². The zero-order chi connectivity index (χ0) is 21.1. The molecule has 5 nitrogen and oxygen atoms in total. The molecular formula is C20H23F3N2O3. The quantitative estimate of drug-likeness (QED) is 0.814. The molecule has 1 heterocycles. The second-order valence-electron chi connectivity index (χ2n) is 7.60. The maximum absolute atomic E-state index is 12.9. The summed E-state index contributed by atoms with van der Waals surface area (Å²) in [6.45, 7) is 5.86. The first-order valence-electron chi connectivity index (χ1n) is 8.76. The van der Waals surface area contributed by atoms with E-state index < -0.39 is 29.3 Å². The molecule has 28 heavy (non-hydrogen) atoms. The van der Waals surface area contributed by atoms with Crippen molar-refractivity contribution in [2.45, 2.75) is 39.5 Å². The summed E-state index contributed by atoms with van der Waals surface area (Å²) in [5.74, 6) is -0.484. The molecule has 2 rings (SSSR count). The van der Waals surface area contributed by atoms with Crippen molar-refractivity contribution in [2.75, 3.05) is 6.54 Å². The minimum Gasteiger partial charge on any atom is -0.393 e. The molecule has 0 spiro atoms. The van der Waals surface area contributed by atoms with Gasteiger partial charge < -0.3 is 10.4 Å². The first-order valence-corrected chi connectivity index (χ1v) is 8.76. The highest BCUT2D eigenvalue weighted by Gasteiger charge is 2.30. The molecule has 0 saturated heterocycles. The van der Waals surface area contributed by atoms with E-state index in [4.69, 9.17) is 0 Å². The van der Waals surface area contributed by atoms with Crippen LogP contribution in [0, 0.1) is 5.41 Å². The number of nitrogens with one attached hydrogen (secondary N) is 1. The number of aliphatic hydroxyl groups is 1. The molecular weight excluding hydrogens is 373 g/mol. The molecule has 0 radical (unpaired) electrons. The Labute approximate surface area is 160 Å². The lowest BCUT2D eigenvalue weighted by Gasteiger charge is -2.25. The van der Waals surface area contributed by atoms with E-state index in [1.807, 2.05) is 20.8 Å². The first kappa shape index (κ1) is 21.7. The van der Waals surface area contributed by atoms with Gasteiger partial charge in [0.05, 0.1) is 17.2 Å². The Morgan fingerprint density at radius 1 is 1.18 bits per heavy atom. The Morgan fingerprint density at radius 2 is 1.86 bits per heavy atom. The molecule has 1 amide bonds. The number of alkyl halides is 3. The summed E-state index contributed by atoms with van der Waals surface area (Å²) in [7, 11) is 0. The highest BCUT2D eigenvalue weighted by atomic mass is 19.4. The van der Waals surface area contributed by atoms with E-state index in [2.05, 4.69) is 5.32 Å². The number of pyridine rings is 1. The molecule has 1 unspecified atom stereocenters. The number of aliphatic hydroxyl groups excluding tert-OH is 1. The van der Waals surface area contributed by atoms with Crippen LogP contribution in [0.25, 0.3) is 5.69 Å². The van der Waals surface area contributed by atoms with Gasteiger partial charge in [-0.25, -0.2) is 0 Å². The van der Waals surface area contributed by atoms with Crippen molar-refractivity contribution < 1.29 is 23.1 Å². The molecule has 152 valence electrons. The SMILES string of the molecule is CC(C)(C)C(O)CCNC(=O)c1ccc(=O)n(-c2cccc(C(F)(F)F)c2)c1. The fraction of sp³-hybridized carbons (Fsp3) is 0.400. The van der Waals surface area contributed by atoms with Crippen molar-refractivity contribution in [1.29, 1.82) is 0 Å². The Kier molecular flexibility index (Phi) is 6.34. The third-order valence-corrected chi connectivity index (χ3v) is 4.33. The van der Waals surface area contributed by atoms with Gasteiger partial charge in [0.15, 0.2) is 0 Å². The van der Waals surface area contributed by atoms with Gasteiger partial charge in [-0.15, -0.1) is 0 Å². The monoisotopic (exact) mass is 396 g/mol. The van der Waals surface area contributed by atoms with Crippen LogP contribution < -0.4 is 10.9 Å². The van der Waals surface area contributed by atoms with E-state index in [0.717, 1.165) is 22.8 Å². The zero-order valence-electron chi connectivity index (χ0n) is 15.9. The number of amides is 1. The van der Waals surface area contributed by atoms with Crippen molar-refractivity contribution in [1.82, 2.24) is 9.88 Å². The van der Waals surface area contributed by atoms with Crippen molar-refractivity contribution in [3.63, 3.8) is 0 Å². The number of carbonyl (C=O) groups is 1. The Hall–Kier alpha value is -2.61. The molecule has 1 atom stereocenters. The molecule has 1 aromatic heterocycles. The number of hydrogen-bond donors (Lipinski definition) is 2. The second-order valence-corrected chi connectivity index (χ2v) is 7.60. The van der Waals surface area contributed by atoms with Crippen molar-refractivity contribution in [3.8, 4) is 5.69 Å². The molecule has 0 aliphatic rings. The maximum Gasteiger partial charge on any atom is 0.416 e. The molecule has 2 N–H and O–H groups in total. The number of nitrogens with zero attached hydrogens (tertiary/aromatic N) is 1. The van der Waals surface area contributed by atoms with E-state index in [9.17, 15) is 27.9 Å². The summed E-state index contributed by atoms with van der Waals surface area (Å²) in [5.41, 5.74) is -1.62. The number of hydrogen-bond acceptors (Lipinski definition) is 3. The van der Waals surface area contributed by atoms with Gasteiger partial charge in [-0.05, 0) is 36.1 Å². The minimum atomic E-state index is -4.54. The standard InChI is InChI=1S/C20H23F3N2O3/c1-19(2,3)16(26)9-10-24-18(28)13-7-8-17(27)25(12-13)15-6-4-5-14(11-15)20(21,22)23/h4-8,11-12,16,26H,9-10H2,1-3H3,(H,24,28). The number of aromatic nitrogens is 1. The summed E-state index contributed by atoms with van der Waals surface area (Å²) < 4.78 is 39.7. The van der Waals surface area contributed by atoms with Gasteiger partial charge in [-0.2, -0.15) is 13.2 Å². The Morgan fingerprint density at radius 3 is 2.46 bits per heavy atom. The summed E-state index contributed by atoms with van der Waals surface area (Å²) in [6, 6.07) is 6.75. The Bertz CT molecular complexity index is 899. The van der Waals surface area contributed by atoms with Crippen LogP contribution in [0.2, 0.25) is 0 Å². The van der Waals surface area contributed by atoms with E-state index >= 15 is 0 Å². The van der Waals surface area contributed by atoms with Crippen LogP contribution in [0.5, 0.6) is 0 Å². The van der Waals surface area contributed by atoms with Crippen LogP contribution in [-0.4, -0.2) is 28.2 Å². The maximum atomic E-state index is 12.9. The number of halogens is 3. The summed E-state index contributed by atoms with van der Waals surface area (Å²) >= 11 is 0. The number of benzene rings is 1. The van der Waals surface area contributed by atoms with Crippen molar-refractivity contribution >= 4 is 5.91 Å². The Balaban J connectivity index is 2.20. The van der Waals surface area contributed by atoms with E-state index in [1.165, 1.54) is 24.4 Å². The fourth-order valence-electron chi connectivity index (χ4n) is 2.51. The van der Waals surface area contributed by atoms with Gasteiger partial charge >= 0.3 is 6.18 Å². The molecule has 0 fully saturated rings. The number of rotatable bonds is 5. The van der Waals surface area contributed by atoms with Gasteiger partial charge in [0.1, 0.15) is 0 Å². The molecule has 2 aromatic rings. The van der Waals surface area contributed by atoms with Gasteiger partial charge in [0, 0.05) is 24.5 Å². The summed E-state index contributed by atoms with van der Waals surface area (Å²) in [4.78, 5) is 24.4. The van der Waals surface area contributed by atoms with E-state index in [-0.39, 0.29) is 23.2 Å². The zero-order valence-corrected chi connectivity index (χ0v) is 15.9. The van der Waals surface area contributed by atoms with Gasteiger partial charge in [0.25, 0.3) is 11.5 Å². The van der Waals surface area contributed by atoms with Crippen LogP contribution >= 0.6 is 0 Å².